The third-order valence-corrected chi connectivity index (χ3v) is 3.14. The molecule has 2 rings (SSSR count). The van der Waals surface area contributed by atoms with Gasteiger partial charge in [-0.25, -0.2) is 13.2 Å². The van der Waals surface area contributed by atoms with Crippen molar-refractivity contribution in [3.63, 3.8) is 0 Å². The minimum Gasteiger partial charge on any atom is -0.314 e. The van der Waals surface area contributed by atoms with Crippen LogP contribution in [0.25, 0.3) is 0 Å². The van der Waals surface area contributed by atoms with Gasteiger partial charge in [-0.2, -0.15) is 0 Å². The molecule has 20 heavy (non-hydrogen) atoms. The zero-order valence-corrected chi connectivity index (χ0v) is 12.4. The van der Waals surface area contributed by atoms with Crippen LogP contribution >= 0.6 is 24.8 Å². The standard InChI is InChI=1S/C13H15F3N2.2ClH/c1-2-11(18-7-5-17-6-8-18)12-9(14)3-4-10(15)13(12)16;;/h2-4,11,17H,1,5-8H2;2*1H/t11-;;/m0../s1. The van der Waals surface area contributed by atoms with E-state index < -0.39 is 23.5 Å². The summed E-state index contributed by atoms with van der Waals surface area (Å²) < 4.78 is 40.7. The van der Waals surface area contributed by atoms with Gasteiger partial charge in [0.05, 0.1) is 6.04 Å². The molecule has 0 saturated carbocycles. The molecule has 0 bridgehead atoms. The molecule has 1 aromatic carbocycles. The molecular formula is C13H17Cl2F3N2. The van der Waals surface area contributed by atoms with E-state index in [9.17, 15) is 13.2 Å². The molecule has 0 amide bonds. The van der Waals surface area contributed by atoms with Crippen molar-refractivity contribution in [2.45, 2.75) is 6.04 Å². The lowest BCUT2D eigenvalue weighted by molar-refractivity contribution is 0.196. The second-order valence-electron chi connectivity index (χ2n) is 4.22. The quantitative estimate of drug-likeness (QED) is 0.677. The molecule has 2 nitrogen and oxygen atoms in total. The predicted molar refractivity (Wildman–Crippen MR) is 78.2 cm³/mol. The van der Waals surface area contributed by atoms with Gasteiger partial charge < -0.3 is 5.32 Å². The molecule has 7 heteroatoms. The Hall–Kier alpha value is -0.750. The van der Waals surface area contributed by atoms with Crippen molar-refractivity contribution in [2.75, 3.05) is 26.2 Å². The molecule has 0 spiro atoms. The molecule has 0 aromatic heterocycles. The Bertz CT molecular complexity index is 451. The molecule has 1 saturated heterocycles. The van der Waals surface area contributed by atoms with Gasteiger partial charge in [0.2, 0.25) is 0 Å². The lowest BCUT2D eigenvalue weighted by Crippen LogP contribution is -2.45. The van der Waals surface area contributed by atoms with E-state index in [2.05, 4.69) is 11.9 Å². The van der Waals surface area contributed by atoms with Crippen LogP contribution in [-0.2, 0) is 0 Å². The summed E-state index contributed by atoms with van der Waals surface area (Å²) in [6.07, 6.45) is 1.45. The third-order valence-electron chi connectivity index (χ3n) is 3.14. The van der Waals surface area contributed by atoms with Gasteiger partial charge in [0.1, 0.15) is 5.82 Å². The molecule has 1 aliphatic rings. The number of halogens is 5. The fourth-order valence-electron chi connectivity index (χ4n) is 2.22. The highest BCUT2D eigenvalue weighted by molar-refractivity contribution is 5.85. The maximum absolute atomic E-state index is 13.7. The Kier molecular flexibility index (Phi) is 8.20. The molecule has 1 heterocycles. The van der Waals surface area contributed by atoms with Crippen LogP contribution in [0.3, 0.4) is 0 Å². The third kappa shape index (κ3) is 3.88. The van der Waals surface area contributed by atoms with E-state index >= 15 is 0 Å². The number of hydrogen-bond donors (Lipinski definition) is 1. The average Bonchev–Trinajstić information content (AvgIpc) is 2.40. The zero-order valence-electron chi connectivity index (χ0n) is 10.7. The molecular weight excluding hydrogens is 312 g/mol. The van der Waals surface area contributed by atoms with E-state index in [1.807, 2.05) is 4.90 Å². The number of nitrogens with one attached hydrogen (secondary N) is 1. The van der Waals surface area contributed by atoms with Gasteiger partial charge in [-0.15, -0.1) is 31.4 Å². The first kappa shape index (κ1) is 19.2. The van der Waals surface area contributed by atoms with Crippen molar-refractivity contribution in [3.05, 3.63) is 47.8 Å². The van der Waals surface area contributed by atoms with Crippen LogP contribution in [0.5, 0.6) is 0 Å². The summed E-state index contributed by atoms with van der Waals surface area (Å²) in [6.45, 7) is 6.37. The van der Waals surface area contributed by atoms with Crippen molar-refractivity contribution >= 4 is 24.8 Å². The molecule has 0 radical (unpaired) electrons. The van der Waals surface area contributed by atoms with E-state index in [4.69, 9.17) is 0 Å². The van der Waals surface area contributed by atoms with E-state index in [0.29, 0.717) is 13.1 Å². The molecule has 1 aromatic rings. The van der Waals surface area contributed by atoms with E-state index in [1.165, 1.54) is 6.08 Å². The summed E-state index contributed by atoms with van der Waals surface area (Å²) in [5, 5.41) is 3.15. The Labute approximate surface area is 128 Å². The number of piperazine rings is 1. The minimum absolute atomic E-state index is 0. The number of hydrogen-bond acceptors (Lipinski definition) is 2. The number of rotatable bonds is 3. The first-order chi connectivity index (χ1) is 8.65. The summed E-state index contributed by atoms with van der Waals surface area (Å²) in [4.78, 5) is 1.88. The maximum Gasteiger partial charge on any atom is 0.166 e. The van der Waals surface area contributed by atoms with Crippen molar-refractivity contribution in [1.82, 2.24) is 10.2 Å². The normalized spacial score (nSPS) is 16.8. The Balaban J connectivity index is 0.00000180. The smallest absolute Gasteiger partial charge is 0.166 e. The summed E-state index contributed by atoms with van der Waals surface area (Å²) in [5.74, 6) is -2.90. The zero-order chi connectivity index (χ0) is 13.1. The highest BCUT2D eigenvalue weighted by Crippen LogP contribution is 2.28. The van der Waals surface area contributed by atoms with Crippen LogP contribution in [0.15, 0.2) is 24.8 Å². The van der Waals surface area contributed by atoms with Crippen molar-refractivity contribution < 1.29 is 13.2 Å². The molecule has 1 fully saturated rings. The van der Waals surface area contributed by atoms with Gasteiger partial charge in [-0.1, -0.05) is 6.08 Å². The largest absolute Gasteiger partial charge is 0.314 e. The summed E-state index contributed by atoms with van der Waals surface area (Å²) in [7, 11) is 0. The van der Waals surface area contributed by atoms with E-state index in [-0.39, 0.29) is 30.4 Å². The van der Waals surface area contributed by atoms with Crippen LogP contribution in [0.2, 0.25) is 0 Å². The monoisotopic (exact) mass is 328 g/mol. The van der Waals surface area contributed by atoms with Crippen LogP contribution < -0.4 is 5.32 Å². The molecule has 1 aliphatic heterocycles. The molecule has 1 atom stereocenters. The Morgan fingerprint density at radius 3 is 2.20 bits per heavy atom. The summed E-state index contributed by atoms with van der Waals surface area (Å²) in [5.41, 5.74) is -0.257. The Morgan fingerprint density at radius 2 is 1.65 bits per heavy atom. The first-order valence-corrected chi connectivity index (χ1v) is 5.86. The fraction of sp³-hybridized carbons (Fsp3) is 0.385. The lowest BCUT2D eigenvalue weighted by Gasteiger charge is -2.33. The van der Waals surface area contributed by atoms with E-state index in [1.54, 1.807) is 0 Å². The van der Waals surface area contributed by atoms with Crippen LogP contribution in [-0.4, -0.2) is 31.1 Å². The highest BCUT2D eigenvalue weighted by Gasteiger charge is 2.26. The molecule has 1 N–H and O–H groups in total. The summed E-state index contributed by atoms with van der Waals surface area (Å²) in [6, 6.07) is 1.11. The minimum atomic E-state index is -1.13. The molecule has 114 valence electrons. The van der Waals surface area contributed by atoms with Crippen LogP contribution in [0.1, 0.15) is 11.6 Å². The van der Waals surface area contributed by atoms with Crippen LogP contribution in [0.4, 0.5) is 13.2 Å². The second kappa shape index (κ2) is 8.52. The topological polar surface area (TPSA) is 15.3 Å². The van der Waals surface area contributed by atoms with Crippen molar-refractivity contribution in [2.24, 2.45) is 0 Å². The van der Waals surface area contributed by atoms with Crippen molar-refractivity contribution in [1.29, 1.82) is 0 Å². The van der Waals surface area contributed by atoms with Crippen molar-refractivity contribution in [3.8, 4) is 0 Å². The number of benzene rings is 1. The summed E-state index contributed by atoms with van der Waals surface area (Å²) >= 11 is 0. The Morgan fingerprint density at radius 1 is 1.10 bits per heavy atom. The first-order valence-electron chi connectivity index (χ1n) is 5.86. The maximum atomic E-state index is 13.7. The van der Waals surface area contributed by atoms with Gasteiger partial charge >= 0.3 is 0 Å². The van der Waals surface area contributed by atoms with Gasteiger partial charge in [0, 0.05) is 31.7 Å². The van der Waals surface area contributed by atoms with E-state index in [0.717, 1.165) is 25.2 Å². The highest BCUT2D eigenvalue weighted by atomic mass is 35.5. The lowest BCUT2D eigenvalue weighted by atomic mass is 10.0. The molecule has 0 unspecified atom stereocenters. The fourth-order valence-corrected chi connectivity index (χ4v) is 2.22. The van der Waals surface area contributed by atoms with Gasteiger partial charge in [-0.05, 0) is 12.1 Å². The average molecular weight is 329 g/mol. The SMILES string of the molecule is C=C[C@@H](c1c(F)ccc(F)c1F)N1CCNCC1.Cl.Cl. The van der Waals surface area contributed by atoms with Gasteiger partial charge in [-0.3, -0.25) is 4.90 Å². The van der Waals surface area contributed by atoms with Gasteiger partial charge in [0.15, 0.2) is 11.6 Å². The predicted octanol–water partition coefficient (Wildman–Crippen LogP) is 3.08. The van der Waals surface area contributed by atoms with Crippen LogP contribution in [0, 0.1) is 17.5 Å². The van der Waals surface area contributed by atoms with Gasteiger partial charge in [0.25, 0.3) is 0 Å². The second-order valence-corrected chi connectivity index (χ2v) is 4.22. The molecule has 0 aliphatic carbocycles. The number of nitrogens with zero attached hydrogens (tertiary/aromatic N) is 1.